The molecule has 0 atom stereocenters. The zero-order chi connectivity index (χ0) is 8.65. The summed E-state index contributed by atoms with van der Waals surface area (Å²) in [5.41, 5.74) is 1.38. The first kappa shape index (κ1) is 10.0. The molecule has 0 aromatic heterocycles. The van der Waals surface area contributed by atoms with Gasteiger partial charge in [-0.05, 0) is 29.3 Å². The second-order valence-corrected chi connectivity index (χ2v) is 4.04. The normalized spacial score (nSPS) is 14.2. The summed E-state index contributed by atoms with van der Waals surface area (Å²) < 4.78 is 1.30. The first-order valence-electron chi connectivity index (χ1n) is 4.54. The predicted octanol–water partition coefficient (Wildman–Crippen LogP) is 4.03. The van der Waals surface area contributed by atoms with Gasteiger partial charge in [0, 0.05) is 0 Å². The average molecular weight is 274 g/mol. The third-order valence-corrected chi connectivity index (χ3v) is 2.67. The van der Waals surface area contributed by atoms with Crippen LogP contribution in [0, 0.1) is 0 Å². The van der Waals surface area contributed by atoms with Crippen molar-refractivity contribution in [2.45, 2.75) is 25.7 Å². The van der Waals surface area contributed by atoms with Gasteiger partial charge in [-0.2, -0.15) is 0 Å². The van der Waals surface area contributed by atoms with Gasteiger partial charge in [0.2, 0.25) is 0 Å². The molecule has 0 N–H and O–H groups in total. The molecule has 0 unspecified atom stereocenters. The summed E-state index contributed by atoms with van der Waals surface area (Å²) in [4.78, 5) is 0. The van der Waals surface area contributed by atoms with E-state index in [-0.39, 0.29) is 0 Å². The van der Waals surface area contributed by atoms with Crippen molar-refractivity contribution in [1.29, 1.82) is 0 Å². The number of hydrogen-bond donors (Lipinski definition) is 0. The molecule has 0 amide bonds. The second kappa shape index (κ2) is 6.46. The third-order valence-electron chi connectivity index (χ3n) is 1.91. The van der Waals surface area contributed by atoms with Crippen LogP contribution in [-0.4, -0.2) is 4.43 Å². The van der Waals surface area contributed by atoms with Crippen molar-refractivity contribution in [3.63, 3.8) is 0 Å². The summed E-state index contributed by atoms with van der Waals surface area (Å²) in [6, 6.07) is 0. The minimum atomic E-state index is 1.24. The van der Waals surface area contributed by atoms with Crippen LogP contribution in [0.4, 0.5) is 0 Å². The van der Waals surface area contributed by atoms with Crippen molar-refractivity contribution >= 4 is 22.6 Å². The number of unbranched alkanes of at least 4 members (excludes halogenated alkanes) is 3. The Morgan fingerprint density at radius 2 is 1.83 bits per heavy atom. The highest BCUT2D eigenvalue weighted by atomic mass is 127. The topological polar surface area (TPSA) is 0 Å². The molecule has 0 nitrogen and oxygen atoms in total. The molecule has 0 heterocycles. The zero-order valence-corrected chi connectivity index (χ0v) is 9.46. The number of rotatable bonds is 5. The van der Waals surface area contributed by atoms with Crippen LogP contribution in [0.25, 0.3) is 0 Å². The van der Waals surface area contributed by atoms with E-state index in [1.807, 2.05) is 0 Å². The lowest BCUT2D eigenvalue weighted by Gasteiger charge is -1.94. The Kier molecular flexibility index (Phi) is 5.41. The smallest absolute Gasteiger partial charge is 0.000473 e. The van der Waals surface area contributed by atoms with Gasteiger partial charge in [-0.15, -0.1) is 0 Å². The molecule has 66 valence electrons. The first-order valence-corrected chi connectivity index (χ1v) is 6.07. The highest BCUT2D eigenvalue weighted by Crippen LogP contribution is 2.10. The van der Waals surface area contributed by atoms with Crippen molar-refractivity contribution in [3.05, 3.63) is 36.0 Å². The van der Waals surface area contributed by atoms with Crippen LogP contribution in [0.1, 0.15) is 25.7 Å². The van der Waals surface area contributed by atoms with Crippen molar-refractivity contribution < 1.29 is 0 Å². The maximum Gasteiger partial charge on any atom is -0.000473 e. The van der Waals surface area contributed by atoms with E-state index in [0.717, 1.165) is 0 Å². The summed E-state index contributed by atoms with van der Waals surface area (Å²) in [6.45, 7) is 0. The molecule has 0 saturated heterocycles. The first-order chi connectivity index (χ1) is 5.93. The van der Waals surface area contributed by atoms with Crippen molar-refractivity contribution in [2.75, 3.05) is 4.43 Å². The molecular weight excluding hydrogens is 259 g/mol. The van der Waals surface area contributed by atoms with Crippen LogP contribution in [0.2, 0.25) is 0 Å². The van der Waals surface area contributed by atoms with Gasteiger partial charge in [-0.25, -0.2) is 0 Å². The monoisotopic (exact) mass is 274 g/mol. The molecule has 0 bridgehead atoms. The summed E-state index contributed by atoms with van der Waals surface area (Å²) in [6.07, 6.45) is 16.2. The van der Waals surface area contributed by atoms with E-state index in [4.69, 9.17) is 0 Å². The minimum Gasteiger partial charge on any atom is -0.0864 e. The number of allylic oxidation sites excluding steroid dienone is 6. The molecule has 0 aliphatic heterocycles. The maximum atomic E-state index is 2.44. The summed E-state index contributed by atoms with van der Waals surface area (Å²) >= 11 is 2.44. The van der Waals surface area contributed by atoms with Crippen LogP contribution >= 0.6 is 22.6 Å². The fourth-order valence-corrected chi connectivity index (χ4v) is 1.75. The largest absolute Gasteiger partial charge is 0.0864 e. The molecule has 1 aliphatic rings. The van der Waals surface area contributed by atoms with E-state index in [1.54, 1.807) is 0 Å². The average Bonchev–Trinajstić information content (AvgIpc) is 2.57. The Balaban J connectivity index is 2.05. The molecule has 0 aromatic rings. The molecular formula is C11H15I. The van der Waals surface area contributed by atoms with Crippen LogP contribution in [0.5, 0.6) is 0 Å². The molecule has 0 spiro atoms. The van der Waals surface area contributed by atoms with Crippen LogP contribution in [0.15, 0.2) is 36.0 Å². The summed E-state index contributed by atoms with van der Waals surface area (Å²) in [5, 5.41) is 0. The summed E-state index contributed by atoms with van der Waals surface area (Å²) in [5.74, 6) is 0. The van der Waals surface area contributed by atoms with E-state index >= 15 is 0 Å². The molecule has 0 radical (unpaired) electrons. The van der Waals surface area contributed by atoms with Gasteiger partial charge >= 0.3 is 0 Å². The zero-order valence-electron chi connectivity index (χ0n) is 7.30. The molecule has 12 heavy (non-hydrogen) atoms. The van der Waals surface area contributed by atoms with E-state index in [1.165, 1.54) is 35.7 Å². The molecule has 1 heteroatoms. The van der Waals surface area contributed by atoms with Gasteiger partial charge in [-0.1, -0.05) is 59.4 Å². The van der Waals surface area contributed by atoms with Crippen LogP contribution in [-0.2, 0) is 0 Å². The highest BCUT2D eigenvalue weighted by molar-refractivity contribution is 14.1. The quantitative estimate of drug-likeness (QED) is 0.403. The summed E-state index contributed by atoms with van der Waals surface area (Å²) in [7, 11) is 0. The fraction of sp³-hybridized carbons (Fsp3) is 0.455. The number of hydrogen-bond acceptors (Lipinski definition) is 0. The van der Waals surface area contributed by atoms with E-state index < -0.39 is 0 Å². The Bertz CT molecular complexity index is 185. The predicted molar refractivity (Wildman–Crippen MR) is 63.7 cm³/mol. The minimum absolute atomic E-state index is 1.24. The second-order valence-electron chi connectivity index (χ2n) is 2.96. The molecule has 0 saturated carbocycles. The van der Waals surface area contributed by atoms with Crippen LogP contribution < -0.4 is 0 Å². The van der Waals surface area contributed by atoms with Gasteiger partial charge in [0.25, 0.3) is 0 Å². The standard InChI is InChI=1S/C11H15I/c12-10-6-2-1-3-7-11-8-4-5-9-11/h4-5,7-9H,1-3,6,10H2. The van der Waals surface area contributed by atoms with Crippen molar-refractivity contribution in [2.24, 2.45) is 0 Å². The highest BCUT2D eigenvalue weighted by Gasteiger charge is 1.90. The Hall–Kier alpha value is -0.0500. The van der Waals surface area contributed by atoms with Gasteiger partial charge in [0.15, 0.2) is 0 Å². The lowest BCUT2D eigenvalue weighted by atomic mass is 10.1. The molecule has 0 fully saturated rings. The van der Waals surface area contributed by atoms with E-state index in [9.17, 15) is 0 Å². The van der Waals surface area contributed by atoms with Gasteiger partial charge in [-0.3, -0.25) is 0 Å². The third kappa shape index (κ3) is 4.10. The lowest BCUT2D eigenvalue weighted by Crippen LogP contribution is -1.77. The van der Waals surface area contributed by atoms with Crippen molar-refractivity contribution in [3.8, 4) is 0 Å². The number of alkyl halides is 1. The SMILES string of the molecule is ICCCCCC=C1C=CC=C1. The Morgan fingerprint density at radius 1 is 1.08 bits per heavy atom. The number of halogens is 1. The van der Waals surface area contributed by atoms with Gasteiger partial charge in [0.05, 0.1) is 0 Å². The van der Waals surface area contributed by atoms with Gasteiger partial charge < -0.3 is 0 Å². The lowest BCUT2D eigenvalue weighted by molar-refractivity contribution is 0.738. The van der Waals surface area contributed by atoms with Crippen molar-refractivity contribution in [1.82, 2.24) is 0 Å². The fourth-order valence-electron chi connectivity index (χ4n) is 1.21. The van der Waals surface area contributed by atoms with E-state index in [2.05, 4.69) is 53.0 Å². The maximum absolute atomic E-state index is 2.44. The van der Waals surface area contributed by atoms with Gasteiger partial charge in [0.1, 0.15) is 0 Å². The molecule has 1 rings (SSSR count). The molecule has 1 aliphatic carbocycles. The van der Waals surface area contributed by atoms with Crippen LogP contribution in [0.3, 0.4) is 0 Å². The van der Waals surface area contributed by atoms with E-state index in [0.29, 0.717) is 0 Å². The molecule has 0 aromatic carbocycles. The Morgan fingerprint density at radius 3 is 2.50 bits per heavy atom. The Labute approximate surface area is 88.6 Å².